The summed E-state index contributed by atoms with van der Waals surface area (Å²) in [6, 6.07) is 5.43. The Labute approximate surface area is 88.9 Å². The Hall–Kier alpha value is -0.730. The zero-order valence-corrected chi connectivity index (χ0v) is 8.93. The van der Waals surface area contributed by atoms with Gasteiger partial charge in [0.05, 0.1) is 5.02 Å². The normalized spacial score (nSPS) is 18.1. The van der Waals surface area contributed by atoms with Crippen molar-refractivity contribution in [1.82, 2.24) is 5.32 Å². The molecule has 2 N–H and O–H groups in total. The van der Waals surface area contributed by atoms with Crippen molar-refractivity contribution < 1.29 is 5.11 Å². The summed E-state index contributed by atoms with van der Waals surface area (Å²) >= 11 is 5.84. The highest BCUT2D eigenvalue weighted by Gasteiger charge is 2.40. The minimum atomic E-state index is 0.157. The fourth-order valence-corrected chi connectivity index (χ4v) is 1.92. The van der Waals surface area contributed by atoms with Gasteiger partial charge in [-0.25, -0.2) is 0 Å². The highest BCUT2D eigenvalue weighted by atomic mass is 35.5. The minimum Gasteiger partial charge on any atom is -0.506 e. The van der Waals surface area contributed by atoms with E-state index in [2.05, 4.69) is 5.32 Å². The molecule has 0 heterocycles. The van der Waals surface area contributed by atoms with Crippen molar-refractivity contribution in [3.8, 4) is 5.75 Å². The quantitative estimate of drug-likeness (QED) is 0.805. The van der Waals surface area contributed by atoms with Gasteiger partial charge in [-0.05, 0) is 44.0 Å². The lowest BCUT2D eigenvalue weighted by molar-refractivity contribution is 0.474. The van der Waals surface area contributed by atoms with E-state index in [0.717, 1.165) is 6.42 Å². The molecule has 0 aromatic heterocycles. The van der Waals surface area contributed by atoms with Crippen LogP contribution >= 0.6 is 11.6 Å². The second-order valence-corrected chi connectivity index (χ2v) is 4.40. The molecule has 1 aliphatic carbocycles. The van der Waals surface area contributed by atoms with Crippen molar-refractivity contribution in [2.45, 2.75) is 24.8 Å². The number of likely N-dealkylation sites (N-methyl/N-ethyl adjacent to an activating group) is 1. The molecule has 3 heteroatoms. The molecule has 0 unspecified atom stereocenters. The molecule has 0 aliphatic heterocycles. The second kappa shape index (κ2) is 3.44. The number of hydrogen-bond acceptors (Lipinski definition) is 2. The summed E-state index contributed by atoms with van der Waals surface area (Å²) in [5, 5.41) is 13.0. The molecule has 1 aliphatic rings. The zero-order chi connectivity index (χ0) is 10.2. The number of benzene rings is 1. The minimum absolute atomic E-state index is 0.157. The third-order valence-electron chi connectivity index (χ3n) is 2.94. The molecule has 14 heavy (non-hydrogen) atoms. The maximum atomic E-state index is 9.27. The summed E-state index contributed by atoms with van der Waals surface area (Å²) in [4.78, 5) is 0. The molecule has 1 fully saturated rings. The predicted octanol–water partition coefficient (Wildman–Crippen LogP) is 2.34. The fourth-order valence-electron chi connectivity index (χ4n) is 1.72. The Balaban J connectivity index is 2.14. The van der Waals surface area contributed by atoms with Gasteiger partial charge in [0, 0.05) is 5.54 Å². The number of halogens is 1. The summed E-state index contributed by atoms with van der Waals surface area (Å²) in [6.07, 6.45) is 3.44. The van der Waals surface area contributed by atoms with Gasteiger partial charge < -0.3 is 10.4 Å². The monoisotopic (exact) mass is 211 g/mol. The summed E-state index contributed by atoms with van der Waals surface area (Å²) in [7, 11) is 2.00. The van der Waals surface area contributed by atoms with Crippen LogP contribution in [0.25, 0.3) is 0 Å². The van der Waals surface area contributed by atoms with Crippen molar-refractivity contribution >= 4 is 11.6 Å². The molecule has 2 rings (SSSR count). The molecule has 0 amide bonds. The van der Waals surface area contributed by atoms with Gasteiger partial charge >= 0.3 is 0 Å². The summed E-state index contributed by atoms with van der Waals surface area (Å²) < 4.78 is 0. The smallest absolute Gasteiger partial charge is 0.134 e. The maximum Gasteiger partial charge on any atom is 0.134 e. The van der Waals surface area contributed by atoms with Crippen LogP contribution in [0.4, 0.5) is 0 Å². The molecular weight excluding hydrogens is 198 g/mol. The molecule has 76 valence electrons. The first-order valence-electron chi connectivity index (χ1n) is 4.81. The van der Waals surface area contributed by atoms with Gasteiger partial charge in [0.2, 0.25) is 0 Å². The van der Waals surface area contributed by atoms with E-state index in [1.165, 1.54) is 18.4 Å². The number of phenolic OH excluding ortho intramolecular Hbond substituents is 1. The van der Waals surface area contributed by atoms with E-state index in [4.69, 9.17) is 11.6 Å². The maximum absolute atomic E-state index is 9.27. The molecule has 0 spiro atoms. The first-order valence-corrected chi connectivity index (χ1v) is 5.19. The predicted molar refractivity (Wildman–Crippen MR) is 57.8 cm³/mol. The van der Waals surface area contributed by atoms with Crippen LogP contribution in [0.3, 0.4) is 0 Å². The average Bonchev–Trinajstić information content (AvgIpc) is 2.93. The molecule has 0 bridgehead atoms. The van der Waals surface area contributed by atoms with Crippen LogP contribution in [-0.4, -0.2) is 17.7 Å². The van der Waals surface area contributed by atoms with Gasteiger partial charge in [0.25, 0.3) is 0 Å². The van der Waals surface area contributed by atoms with Gasteiger partial charge in [-0.15, -0.1) is 0 Å². The summed E-state index contributed by atoms with van der Waals surface area (Å²) in [6.45, 7) is 0. The SMILES string of the molecule is CNC1(Cc2ccc(O)c(Cl)c2)CC1. The number of rotatable bonds is 3. The topological polar surface area (TPSA) is 32.3 Å². The number of phenols is 1. The lowest BCUT2D eigenvalue weighted by Crippen LogP contribution is -2.29. The third-order valence-corrected chi connectivity index (χ3v) is 3.24. The fraction of sp³-hybridized carbons (Fsp3) is 0.455. The lowest BCUT2D eigenvalue weighted by atomic mass is 10.0. The molecule has 2 nitrogen and oxygen atoms in total. The van der Waals surface area contributed by atoms with E-state index < -0.39 is 0 Å². The molecule has 0 atom stereocenters. The van der Waals surface area contributed by atoms with Crippen molar-refractivity contribution in [3.63, 3.8) is 0 Å². The summed E-state index contributed by atoms with van der Waals surface area (Å²) in [5.74, 6) is 0.157. The van der Waals surface area contributed by atoms with Crippen LogP contribution in [0.1, 0.15) is 18.4 Å². The molecule has 1 aromatic carbocycles. The van der Waals surface area contributed by atoms with E-state index in [1.807, 2.05) is 19.2 Å². The first-order chi connectivity index (χ1) is 6.65. The van der Waals surface area contributed by atoms with Gasteiger partial charge in [-0.3, -0.25) is 0 Å². The Morgan fingerprint density at radius 2 is 2.21 bits per heavy atom. The van der Waals surface area contributed by atoms with Gasteiger partial charge in [0.1, 0.15) is 5.75 Å². The molecule has 1 saturated carbocycles. The molecule has 1 aromatic rings. The van der Waals surface area contributed by atoms with Crippen LogP contribution in [-0.2, 0) is 6.42 Å². The van der Waals surface area contributed by atoms with Crippen LogP contribution in [0.2, 0.25) is 5.02 Å². The van der Waals surface area contributed by atoms with Gasteiger partial charge in [-0.1, -0.05) is 17.7 Å². The molecule has 0 radical (unpaired) electrons. The first kappa shape index (κ1) is 9.81. The number of aromatic hydroxyl groups is 1. The molecular formula is C11H14ClNO. The van der Waals surface area contributed by atoms with Crippen molar-refractivity contribution in [2.24, 2.45) is 0 Å². The van der Waals surface area contributed by atoms with Crippen molar-refractivity contribution in [2.75, 3.05) is 7.05 Å². The van der Waals surface area contributed by atoms with Crippen LogP contribution in [0.5, 0.6) is 5.75 Å². The number of nitrogens with one attached hydrogen (secondary N) is 1. The third kappa shape index (κ3) is 1.86. The standard InChI is InChI=1S/C11H14ClNO/c1-13-11(4-5-11)7-8-2-3-10(14)9(12)6-8/h2-3,6,13-14H,4-5,7H2,1H3. The zero-order valence-electron chi connectivity index (χ0n) is 8.18. The van der Waals surface area contributed by atoms with Crippen LogP contribution < -0.4 is 5.32 Å². The van der Waals surface area contributed by atoms with E-state index in [1.54, 1.807) is 6.07 Å². The second-order valence-electron chi connectivity index (χ2n) is 3.99. The van der Waals surface area contributed by atoms with Gasteiger partial charge in [0.15, 0.2) is 0 Å². The Kier molecular flexibility index (Phi) is 2.41. The number of hydrogen-bond donors (Lipinski definition) is 2. The average molecular weight is 212 g/mol. The molecule has 0 saturated heterocycles. The largest absolute Gasteiger partial charge is 0.506 e. The summed E-state index contributed by atoms with van der Waals surface area (Å²) in [5.41, 5.74) is 1.47. The highest BCUT2D eigenvalue weighted by Crippen LogP contribution is 2.38. The Bertz CT molecular complexity index is 347. The van der Waals surface area contributed by atoms with Crippen molar-refractivity contribution in [3.05, 3.63) is 28.8 Å². The van der Waals surface area contributed by atoms with Crippen LogP contribution in [0.15, 0.2) is 18.2 Å². The Morgan fingerprint density at radius 1 is 1.50 bits per heavy atom. The van der Waals surface area contributed by atoms with Crippen molar-refractivity contribution in [1.29, 1.82) is 0 Å². The van der Waals surface area contributed by atoms with Crippen LogP contribution in [0, 0.1) is 0 Å². The highest BCUT2D eigenvalue weighted by molar-refractivity contribution is 6.32. The van der Waals surface area contributed by atoms with E-state index in [0.29, 0.717) is 10.6 Å². The van der Waals surface area contributed by atoms with E-state index in [-0.39, 0.29) is 5.75 Å². The Morgan fingerprint density at radius 3 is 2.71 bits per heavy atom. The van der Waals surface area contributed by atoms with Gasteiger partial charge in [-0.2, -0.15) is 0 Å². The van der Waals surface area contributed by atoms with E-state index in [9.17, 15) is 5.11 Å². The lowest BCUT2D eigenvalue weighted by Gasteiger charge is -2.14. The van der Waals surface area contributed by atoms with E-state index >= 15 is 0 Å².